The number of carbonyl (C=O) groups is 1. The van der Waals surface area contributed by atoms with Crippen molar-refractivity contribution in [3.8, 4) is 0 Å². The summed E-state index contributed by atoms with van der Waals surface area (Å²) in [4.78, 5) is 11.4. The number of esters is 1. The predicted molar refractivity (Wildman–Crippen MR) is 67.1 cm³/mol. The zero-order valence-electron chi connectivity index (χ0n) is 10.2. The Kier molecular flexibility index (Phi) is 4.15. The second-order valence-corrected chi connectivity index (χ2v) is 4.61. The van der Waals surface area contributed by atoms with Gasteiger partial charge in [-0.15, -0.1) is 0 Å². The first-order valence-corrected chi connectivity index (χ1v) is 6.17. The summed E-state index contributed by atoms with van der Waals surface area (Å²) in [6.07, 6.45) is 3.56. The molecule has 0 radical (unpaired) electrons. The van der Waals surface area contributed by atoms with Crippen LogP contribution in [-0.2, 0) is 11.2 Å². The van der Waals surface area contributed by atoms with Gasteiger partial charge in [-0.1, -0.05) is 12.1 Å². The summed E-state index contributed by atoms with van der Waals surface area (Å²) in [6.45, 7) is 2.22. The van der Waals surface area contributed by atoms with Gasteiger partial charge in [-0.2, -0.15) is 0 Å². The van der Waals surface area contributed by atoms with E-state index in [-0.39, 0.29) is 5.97 Å². The van der Waals surface area contributed by atoms with Crippen molar-refractivity contribution in [1.29, 1.82) is 0 Å². The van der Waals surface area contributed by atoms with Gasteiger partial charge in [0.15, 0.2) is 0 Å². The predicted octanol–water partition coefficient (Wildman–Crippen LogP) is 2.02. The molecule has 92 valence electrons. The highest BCUT2D eigenvalue weighted by Crippen LogP contribution is 2.17. The van der Waals surface area contributed by atoms with Gasteiger partial charge >= 0.3 is 5.97 Å². The summed E-state index contributed by atoms with van der Waals surface area (Å²) in [5.41, 5.74) is 1.87. The summed E-state index contributed by atoms with van der Waals surface area (Å²) in [5.74, 6) is 0.435. The molecule has 1 aliphatic rings. The smallest absolute Gasteiger partial charge is 0.337 e. The molecule has 1 fully saturated rings. The van der Waals surface area contributed by atoms with E-state index in [4.69, 9.17) is 4.74 Å². The van der Waals surface area contributed by atoms with Crippen LogP contribution in [0.15, 0.2) is 24.3 Å². The second-order valence-electron chi connectivity index (χ2n) is 4.61. The van der Waals surface area contributed by atoms with E-state index >= 15 is 0 Å². The third kappa shape index (κ3) is 3.30. The molecule has 1 aliphatic heterocycles. The van der Waals surface area contributed by atoms with Gasteiger partial charge < -0.3 is 10.1 Å². The molecular formula is C14H19NO2. The fourth-order valence-corrected chi connectivity index (χ4v) is 2.37. The number of hydrogen-bond donors (Lipinski definition) is 1. The maximum absolute atomic E-state index is 11.4. The van der Waals surface area contributed by atoms with Crippen LogP contribution in [0, 0.1) is 5.92 Å². The Hall–Kier alpha value is -1.35. The lowest BCUT2D eigenvalue weighted by Crippen LogP contribution is -2.30. The van der Waals surface area contributed by atoms with Crippen molar-refractivity contribution < 1.29 is 9.53 Å². The lowest BCUT2D eigenvalue weighted by atomic mass is 9.92. The minimum atomic E-state index is -0.256. The molecule has 1 unspecified atom stereocenters. The molecule has 0 bridgehead atoms. The topological polar surface area (TPSA) is 38.3 Å². The number of piperidine rings is 1. The summed E-state index contributed by atoms with van der Waals surface area (Å²) < 4.78 is 4.73. The van der Waals surface area contributed by atoms with Crippen LogP contribution in [0.5, 0.6) is 0 Å². The van der Waals surface area contributed by atoms with Gasteiger partial charge in [-0.25, -0.2) is 4.79 Å². The van der Waals surface area contributed by atoms with Crippen LogP contribution in [0.2, 0.25) is 0 Å². The molecule has 3 heteroatoms. The molecule has 1 aromatic rings. The van der Waals surface area contributed by atoms with Crippen LogP contribution in [0.3, 0.4) is 0 Å². The van der Waals surface area contributed by atoms with Gasteiger partial charge in [0.25, 0.3) is 0 Å². The van der Waals surface area contributed by atoms with Crippen LogP contribution < -0.4 is 5.32 Å². The summed E-state index contributed by atoms with van der Waals surface area (Å²) in [6, 6.07) is 7.76. The quantitative estimate of drug-likeness (QED) is 0.812. The van der Waals surface area contributed by atoms with Crippen LogP contribution >= 0.6 is 0 Å². The molecule has 1 aromatic carbocycles. The first kappa shape index (κ1) is 12.1. The molecule has 0 spiro atoms. The molecule has 0 aliphatic carbocycles. The molecule has 3 nitrogen and oxygen atoms in total. The van der Waals surface area contributed by atoms with Crippen molar-refractivity contribution in [3.05, 3.63) is 35.4 Å². The van der Waals surface area contributed by atoms with Gasteiger partial charge in [0.2, 0.25) is 0 Å². The van der Waals surface area contributed by atoms with Crippen LogP contribution in [0.1, 0.15) is 28.8 Å². The standard InChI is InChI=1S/C14H19NO2/c1-17-14(16)13-6-2-4-11(9-13)8-12-5-3-7-15-10-12/h2,4,6,9,12,15H,3,5,7-8,10H2,1H3. The Bertz CT molecular complexity index is 384. The fraction of sp³-hybridized carbons (Fsp3) is 0.500. The van der Waals surface area contributed by atoms with Gasteiger partial charge in [0, 0.05) is 0 Å². The normalized spacial score (nSPS) is 19.9. The van der Waals surface area contributed by atoms with Crippen molar-refractivity contribution in [2.24, 2.45) is 5.92 Å². The average molecular weight is 233 g/mol. The lowest BCUT2D eigenvalue weighted by molar-refractivity contribution is 0.0600. The van der Waals surface area contributed by atoms with E-state index < -0.39 is 0 Å². The first-order valence-electron chi connectivity index (χ1n) is 6.17. The molecule has 17 heavy (non-hydrogen) atoms. The Balaban J connectivity index is 2.02. The van der Waals surface area contributed by atoms with Crippen LogP contribution in [0.4, 0.5) is 0 Å². The zero-order valence-corrected chi connectivity index (χ0v) is 10.2. The monoisotopic (exact) mass is 233 g/mol. The minimum absolute atomic E-state index is 0.256. The van der Waals surface area contributed by atoms with Crippen molar-refractivity contribution in [1.82, 2.24) is 5.32 Å². The molecule has 1 N–H and O–H groups in total. The number of nitrogens with one attached hydrogen (secondary N) is 1. The third-order valence-electron chi connectivity index (χ3n) is 3.27. The van der Waals surface area contributed by atoms with Crippen molar-refractivity contribution in [2.45, 2.75) is 19.3 Å². The highest BCUT2D eigenvalue weighted by molar-refractivity contribution is 5.89. The van der Waals surface area contributed by atoms with E-state index in [0.717, 1.165) is 19.5 Å². The number of carbonyl (C=O) groups excluding carboxylic acids is 1. The van der Waals surface area contributed by atoms with E-state index in [1.807, 2.05) is 12.1 Å². The molecule has 1 atom stereocenters. The second kappa shape index (κ2) is 5.82. The number of hydrogen-bond acceptors (Lipinski definition) is 3. The number of methoxy groups -OCH3 is 1. The Morgan fingerprint density at radius 2 is 2.41 bits per heavy atom. The molecular weight excluding hydrogens is 214 g/mol. The Morgan fingerprint density at radius 1 is 1.53 bits per heavy atom. The van der Waals surface area contributed by atoms with Crippen LogP contribution in [-0.4, -0.2) is 26.2 Å². The summed E-state index contributed by atoms with van der Waals surface area (Å²) in [5, 5.41) is 3.41. The molecule has 1 saturated heterocycles. The van der Waals surface area contributed by atoms with Gasteiger partial charge in [-0.3, -0.25) is 0 Å². The summed E-state index contributed by atoms with van der Waals surface area (Å²) in [7, 11) is 1.42. The lowest BCUT2D eigenvalue weighted by Gasteiger charge is -2.22. The van der Waals surface area contributed by atoms with Crippen LogP contribution in [0.25, 0.3) is 0 Å². The highest BCUT2D eigenvalue weighted by atomic mass is 16.5. The third-order valence-corrected chi connectivity index (χ3v) is 3.27. The van der Waals surface area contributed by atoms with Crippen molar-refractivity contribution >= 4 is 5.97 Å². The van der Waals surface area contributed by atoms with Crippen molar-refractivity contribution in [3.63, 3.8) is 0 Å². The van der Waals surface area contributed by atoms with E-state index in [1.54, 1.807) is 6.07 Å². The van der Waals surface area contributed by atoms with E-state index in [1.165, 1.54) is 25.5 Å². The molecule has 1 heterocycles. The molecule has 0 amide bonds. The SMILES string of the molecule is COC(=O)c1cccc(CC2CCCNC2)c1. The number of ether oxygens (including phenoxy) is 1. The molecule has 2 rings (SSSR count). The van der Waals surface area contributed by atoms with Gasteiger partial charge in [0.05, 0.1) is 12.7 Å². The Labute approximate surface area is 102 Å². The number of benzene rings is 1. The van der Waals surface area contributed by atoms with E-state index in [0.29, 0.717) is 11.5 Å². The van der Waals surface area contributed by atoms with E-state index in [9.17, 15) is 4.79 Å². The fourth-order valence-electron chi connectivity index (χ4n) is 2.37. The highest BCUT2D eigenvalue weighted by Gasteiger charge is 2.14. The Morgan fingerprint density at radius 3 is 3.12 bits per heavy atom. The minimum Gasteiger partial charge on any atom is -0.465 e. The summed E-state index contributed by atoms with van der Waals surface area (Å²) >= 11 is 0. The first-order chi connectivity index (χ1) is 8.29. The zero-order chi connectivity index (χ0) is 12.1. The van der Waals surface area contributed by atoms with Gasteiger partial charge in [-0.05, 0) is 56.0 Å². The van der Waals surface area contributed by atoms with E-state index in [2.05, 4.69) is 11.4 Å². The molecule has 0 saturated carbocycles. The maximum Gasteiger partial charge on any atom is 0.337 e. The number of rotatable bonds is 3. The largest absolute Gasteiger partial charge is 0.465 e. The van der Waals surface area contributed by atoms with Gasteiger partial charge in [0.1, 0.15) is 0 Å². The molecule has 0 aromatic heterocycles. The average Bonchev–Trinajstić information content (AvgIpc) is 2.39. The maximum atomic E-state index is 11.4. The van der Waals surface area contributed by atoms with Crippen molar-refractivity contribution in [2.75, 3.05) is 20.2 Å².